The molecule has 0 aliphatic carbocycles. The van der Waals surface area contributed by atoms with Crippen molar-refractivity contribution in [2.45, 2.75) is 19.3 Å². The molecule has 0 fully saturated rings. The van der Waals surface area contributed by atoms with Crippen LogP contribution in [-0.2, 0) is 10.2 Å². The van der Waals surface area contributed by atoms with Gasteiger partial charge in [-0.15, -0.1) is 0 Å². The maximum Gasteiger partial charge on any atom is 0.257 e. The molecule has 2 aromatic carbocycles. The number of nitrogens with one attached hydrogen (secondary N) is 2. The van der Waals surface area contributed by atoms with E-state index < -0.39 is 0 Å². The number of carbonyl (C=O) groups excluding carboxylic acids is 1. The second-order valence-electron chi connectivity index (χ2n) is 6.99. The first-order valence-electron chi connectivity index (χ1n) is 8.70. The Hall–Kier alpha value is -3.02. The van der Waals surface area contributed by atoms with Crippen LogP contribution >= 0.6 is 0 Å². The van der Waals surface area contributed by atoms with Gasteiger partial charge in [-0.05, 0) is 35.9 Å². The Balaban J connectivity index is 1.61. The highest BCUT2D eigenvalue weighted by Crippen LogP contribution is 2.30. The number of H-pyrrole nitrogens is 1. The second kappa shape index (κ2) is 7.70. The molecule has 2 N–H and O–H groups in total. The molecular weight excluding hydrogens is 347 g/mol. The van der Waals surface area contributed by atoms with Crippen molar-refractivity contribution in [3.63, 3.8) is 0 Å². The van der Waals surface area contributed by atoms with Crippen LogP contribution in [0.25, 0.3) is 10.9 Å². The zero-order valence-corrected chi connectivity index (χ0v) is 15.6. The molecule has 0 saturated carbocycles. The lowest BCUT2D eigenvalue weighted by Crippen LogP contribution is -2.38. The number of amides is 1. The Morgan fingerprint density at radius 1 is 1.19 bits per heavy atom. The third-order valence-electron chi connectivity index (χ3n) is 4.53. The van der Waals surface area contributed by atoms with Gasteiger partial charge in [0.1, 0.15) is 5.82 Å². The van der Waals surface area contributed by atoms with Crippen molar-refractivity contribution in [2.75, 3.05) is 20.3 Å². The summed E-state index contributed by atoms with van der Waals surface area (Å²) in [5.41, 5.74) is 1.42. The highest BCUT2D eigenvalue weighted by Gasteiger charge is 2.25. The Morgan fingerprint density at radius 2 is 1.93 bits per heavy atom. The predicted molar refractivity (Wildman–Crippen MR) is 103 cm³/mol. The number of halogens is 1. The number of ether oxygens (including phenoxy) is 2. The maximum atomic E-state index is 13.4. The average molecular weight is 370 g/mol. The summed E-state index contributed by atoms with van der Waals surface area (Å²) in [5.74, 6) is 0.597. The molecule has 0 unspecified atom stereocenters. The highest BCUT2D eigenvalue weighted by atomic mass is 19.1. The molecule has 3 aromatic rings. The van der Waals surface area contributed by atoms with Crippen LogP contribution in [0.2, 0.25) is 0 Å². The van der Waals surface area contributed by atoms with E-state index in [1.807, 2.05) is 32.2 Å². The van der Waals surface area contributed by atoms with Crippen molar-refractivity contribution in [1.29, 1.82) is 0 Å². The van der Waals surface area contributed by atoms with Crippen LogP contribution in [0.15, 0.2) is 48.7 Å². The molecule has 142 valence electrons. The van der Waals surface area contributed by atoms with Gasteiger partial charge in [-0.1, -0.05) is 26.0 Å². The topological polar surface area (TPSA) is 63.4 Å². The van der Waals surface area contributed by atoms with Gasteiger partial charge in [0.05, 0.1) is 7.11 Å². The maximum absolute atomic E-state index is 13.4. The smallest absolute Gasteiger partial charge is 0.257 e. The van der Waals surface area contributed by atoms with Crippen molar-refractivity contribution in [3.8, 4) is 11.5 Å². The number of benzene rings is 2. The highest BCUT2D eigenvalue weighted by molar-refractivity contribution is 5.84. The summed E-state index contributed by atoms with van der Waals surface area (Å²) in [6.45, 7) is 4.38. The van der Waals surface area contributed by atoms with Gasteiger partial charge in [-0.3, -0.25) is 4.79 Å². The molecule has 1 heterocycles. The third kappa shape index (κ3) is 4.22. The molecule has 0 bridgehead atoms. The summed E-state index contributed by atoms with van der Waals surface area (Å²) in [5, 5.41) is 3.85. The SMILES string of the molecule is COc1ccccc1OCC(=O)NCC(C)(C)c1c[nH]c2cc(F)ccc12. The van der Waals surface area contributed by atoms with Gasteiger partial charge < -0.3 is 19.8 Å². The lowest BCUT2D eigenvalue weighted by molar-refractivity contribution is -0.123. The van der Waals surface area contributed by atoms with Crippen molar-refractivity contribution in [2.24, 2.45) is 0 Å². The van der Waals surface area contributed by atoms with Gasteiger partial charge in [-0.2, -0.15) is 0 Å². The Kier molecular flexibility index (Phi) is 5.35. The summed E-state index contributed by atoms with van der Waals surface area (Å²) in [7, 11) is 1.55. The number of carbonyl (C=O) groups is 1. The first-order valence-corrected chi connectivity index (χ1v) is 8.70. The summed E-state index contributed by atoms with van der Waals surface area (Å²) >= 11 is 0. The van der Waals surface area contributed by atoms with Gasteiger partial charge in [0.15, 0.2) is 18.1 Å². The van der Waals surface area contributed by atoms with Gasteiger partial charge in [0.2, 0.25) is 0 Å². The minimum Gasteiger partial charge on any atom is -0.493 e. The minimum atomic E-state index is -0.337. The second-order valence-corrected chi connectivity index (χ2v) is 6.99. The van der Waals surface area contributed by atoms with Crippen LogP contribution in [0.1, 0.15) is 19.4 Å². The van der Waals surface area contributed by atoms with E-state index in [4.69, 9.17) is 9.47 Å². The summed E-state index contributed by atoms with van der Waals surface area (Å²) in [6, 6.07) is 11.8. The van der Waals surface area contributed by atoms with Crippen LogP contribution in [0, 0.1) is 5.82 Å². The number of aromatic amines is 1. The van der Waals surface area contributed by atoms with E-state index >= 15 is 0 Å². The van der Waals surface area contributed by atoms with E-state index in [1.165, 1.54) is 12.1 Å². The van der Waals surface area contributed by atoms with E-state index in [0.717, 1.165) is 16.5 Å². The fourth-order valence-electron chi connectivity index (χ4n) is 3.01. The predicted octanol–water partition coefficient (Wildman–Crippen LogP) is 3.79. The molecule has 0 radical (unpaired) electrons. The molecule has 3 rings (SSSR count). The fourth-order valence-corrected chi connectivity index (χ4v) is 3.01. The van der Waals surface area contributed by atoms with Crippen molar-refractivity contribution >= 4 is 16.8 Å². The van der Waals surface area contributed by atoms with Crippen LogP contribution in [-0.4, -0.2) is 31.2 Å². The number of aromatic nitrogens is 1. The van der Waals surface area contributed by atoms with Gasteiger partial charge >= 0.3 is 0 Å². The molecule has 0 atom stereocenters. The number of fused-ring (bicyclic) bond motifs is 1. The van der Waals surface area contributed by atoms with Crippen LogP contribution in [0.3, 0.4) is 0 Å². The Bertz CT molecular complexity index is 950. The monoisotopic (exact) mass is 370 g/mol. The molecule has 27 heavy (non-hydrogen) atoms. The van der Waals surface area contributed by atoms with E-state index in [0.29, 0.717) is 18.0 Å². The molecule has 0 aliphatic rings. The molecule has 1 amide bonds. The van der Waals surface area contributed by atoms with Gasteiger partial charge in [0.25, 0.3) is 5.91 Å². The third-order valence-corrected chi connectivity index (χ3v) is 4.53. The number of hydrogen-bond donors (Lipinski definition) is 2. The number of methoxy groups -OCH3 is 1. The molecule has 5 nitrogen and oxygen atoms in total. The normalized spacial score (nSPS) is 11.4. The van der Waals surface area contributed by atoms with E-state index in [1.54, 1.807) is 25.3 Å². The largest absolute Gasteiger partial charge is 0.493 e. The number of hydrogen-bond acceptors (Lipinski definition) is 3. The van der Waals surface area contributed by atoms with Crippen molar-refractivity contribution < 1.29 is 18.7 Å². The summed E-state index contributed by atoms with van der Waals surface area (Å²) in [4.78, 5) is 15.3. The Labute approximate surface area is 157 Å². The summed E-state index contributed by atoms with van der Waals surface area (Å²) in [6.07, 6.45) is 1.86. The summed E-state index contributed by atoms with van der Waals surface area (Å²) < 4.78 is 24.1. The van der Waals surface area contributed by atoms with Crippen LogP contribution in [0.5, 0.6) is 11.5 Å². The van der Waals surface area contributed by atoms with E-state index in [2.05, 4.69) is 10.3 Å². The molecule has 1 aromatic heterocycles. The van der Waals surface area contributed by atoms with Gasteiger partial charge in [-0.25, -0.2) is 4.39 Å². The average Bonchev–Trinajstić information content (AvgIpc) is 3.09. The fraction of sp³-hybridized carbons (Fsp3) is 0.286. The van der Waals surface area contributed by atoms with E-state index in [-0.39, 0.29) is 23.7 Å². The van der Waals surface area contributed by atoms with Crippen LogP contribution in [0.4, 0.5) is 4.39 Å². The lowest BCUT2D eigenvalue weighted by Gasteiger charge is -2.25. The first-order chi connectivity index (χ1) is 12.9. The first kappa shape index (κ1) is 18.8. The number of rotatable bonds is 7. The van der Waals surface area contributed by atoms with Crippen molar-refractivity contribution in [3.05, 3.63) is 60.0 Å². The van der Waals surface area contributed by atoms with Gasteiger partial charge in [0, 0.05) is 29.1 Å². The van der Waals surface area contributed by atoms with Crippen molar-refractivity contribution in [1.82, 2.24) is 10.3 Å². The minimum absolute atomic E-state index is 0.102. The standard InChI is InChI=1S/C21H23FN2O3/c1-21(2,16-11-23-17-10-14(22)8-9-15(16)17)13-24-20(25)12-27-19-7-5-4-6-18(19)26-3/h4-11,23H,12-13H2,1-3H3,(H,24,25). The zero-order chi connectivity index (χ0) is 19.4. The van der Waals surface area contributed by atoms with E-state index in [9.17, 15) is 9.18 Å². The molecule has 0 aliphatic heterocycles. The quantitative estimate of drug-likeness (QED) is 0.665. The molecule has 6 heteroatoms. The molecule has 0 saturated heterocycles. The lowest BCUT2D eigenvalue weighted by atomic mass is 9.84. The van der Waals surface area contributed by atoms with Crippen LogP contribution < -0.4 is 14.8 Å². The molecule has 0 spiro atoms. The number of para-hydroxylation sites is 2. The molecular formula is C21H23FN2O3. The Morgan fingerprint density at radius 3 is 2.67 bits per heavy atom. The zero-order valence-electron chi connectivity index (χ0n) is 15.6.